The predicted octanol–water partition coefficient (Wildman–Crippen LogP) is 4.46. The molecule has 2 aromatic carbocycles. The second-order valence-electron chi connectivity index (χ2n) is 10.3. The number of carbonyl (C=O) groups excluding carboxylic acids is 3. The third kappa shape index (κ3) is 6.77. The number of aryl methyl sites for hydroxylation is 1. The maximum Gasteiger partial charge on any atom is 0.243 e. The molecule has 2 N–H and O–H groups in total. The molecule has 2 aromatic heterocycles. The first-order valence-electron chi connectivity index (χ1n) is 13.8. The van der Waals surface area contributed by atoms with E-state index in [0.717, 1.165) is 24.9 Å². The number of alkyl halides is 1. The van der Waals surface area contributed by atoms with Crippen molar-refractivity contribution >= 4 is 39.9 Å². The fourth-order valence-corrected chi connectivity index (χ4v) is 5.29. The molecule has 1 fully saturated rings. The second-order valence-corrected chi connectivity index (χ2v) is 10.3. The first-order valence-corrected chi connectivity index (χ1v) is 13.8. The Morgan fingerprint density at radius 2 is 1.80 bits per heavy atom. The van der Waals surface area contributed by atoms with Crippen LogP contribution in [0.15, 0.2) is 73.4 Å². The standard InChI is InChI=1S/C31H33FN6O3/c1-21(39)27-18-37(28-11-10-24(14-26(27)28)36-25-15-33-20-34-16-25)19-30(40)38-17-23(32)13-29(38)31(41)35-12-6-5-9-22-7-3-2-4-8-22/h2-4,7-8,10-11,14-16,18,20,23,29,36H,5-6,9,12-13,17,19H2,1H3,(H,35,41)/t23-,29+/m1/s1. The minimum Gasteiger partial charge on any atom is -0.354 e. The lowest BCUT2D eigenvalue weighted by atomic mass is 10.1. The molecular formula is C31H33FN6O3. The number of ketones is 1. The zero-order chi connectivity index (χ0) is 28.8. The number of unbranched alkanes of at least 4 members (excludes halogenated alkanes) is 1. The van der Waals surface area contributed by atoms with Gasteiger partial charge in [-0.05, 0) is 49.9 Å². The summed E-state index contributed by atoms with van der Waals surface area (Å²) in [6.07, 6.45) is 7.69. The van der Waals surface area contributed by atoms with Gasteiger partial charge in [-0.15, -0.1) is 0 Å². The van der Waals surface area contributed by atoms with Crippen LogP contribution in [0.1, 0.15) is 42.1 Å². The maximum atomic E-state index is 14.5. The average Bonchev–Trinajstić information content (AvgIpc) is 3.54. The molecule has 2 atom stereocenters. The first-order chi connectivity index (χ1) is 19.9. The van der Waals surface area contributed by atoms with Crippen LogP contribution in [-0.2, 0) is 22.6 Å². The van der Waals surface area contributed by atoms with Crippen LogP contribution in [-0.4, -0.2) is 62.3 Å². The molecule has 0 radical (unpaired) electrons. The zero-order valence-corrected chi connectivity index (χ0v) is 22.9. The van der Waals surface area contributed by atoms with Crippen molar-refractivity contribution in [3.05, 3.63) is 84.6 Å². The second kappa shape index (κ2) is 12.7. The molecule has 0 bridgehead atoms. The van der Waals surface area contributed by atoms with Crippen LogP contribution < -0.4 is 10.6 Å². The van der Waals surface area contributed by atoms with Crippen LogP contribution >= 0.6 is 0 Å². The third-order valence-corrected chi connectivity index (χ3v) is 7.32. The quantitative estimate of drug-likeness (QED) is 0.209. The van der Waals surface area contributed by atoms with Crippen molar-refractivity contribution in [1.29, 1.82) is 0 Å². The summed E-state index contributed by atoms with van der Waals surface area (Å²) < 4.78 is 16.1. The lowest BCUT2D eigenvalue weighted by molar-refractivity contribution is -0.138. The van der Waals surface area contributed by atoms with Gasteiger partial charge < -0.3 is 20.1 Å². The minimum absolute atomic E-state index is 0.0229. The van der Waals surface area contributed by atoms with Gasteiger partial charge in [-0.25, -0.2) is 14.4 Å². The van der Waals surface area contributed by atoms with E-state index in [4.69, 9.17) is 0 Å². The van der Waals surface area contributed by atoms with E-state index in [1.165, 1.54) is 23.7 Å². The molecule has 0 spiro atoms. The van der Waals surface area contributed by atoms with Crippen LogP contribution in [0.5, 0.6) is 0 Å². The predicted molar refractivity (Wildman–Crippen MR) is 155 cm³/mol. The third-order valence-electron chi connectivity index (χ3n) is 7.32. The van der Waals surface area contributed by atoms with Crippen molar-refractivity contribution in [2.75, 3.05) is 18.4 Å². The number of hydrogen-bond donors (Lipinski definition) is 2. The number of benzene rings is 2. The van der Waals surface area contributed by atoms with Gasteiger partial charge in [-0.3, -0.25) is 14.4 Å². The number of rotatable bonds is 11. The van der Waals surface area contributed by atoms with Crippen molar-refractivity contribution in [3.8, 4) is 0 Å². The van der Waals surface area contributed by atoms with Gasteiger partial charge in [0.2, 0.25) is 11.8 Å². The van der Waals surface area contributed by atoms with Crippen molar-refractivity contribution in [3.63, 3.8) is 0 Å². The Balaban J connectivity index is 1.24. The topological polar surface area (TPSA) is 109 Å². The molecule has 3 heterocycles. The highest BCUT2D eigenvalue weighted by molar-refractivity contribution is 6.08. The van der Waals surface area contributed by atoms with E-state index in [1.807, 2.05) is 36.4 Å². The van der Waals surface area contributed by atoms with E-state index in [9.17, 15) is 18.8 Å². The monoisotopic (exact) mass is 556 g/mol. The first kappa shape index (κ1) is 27.9. The number of nitrogens with zero attached hydrogens (tertiary/aromatic N) is 4. The summed E-state index contributed by atoms with van der Waals surface area (Å²) in [5.41, 5.74) is 3.83. The molecule has 0 saturated carbocycles. The van der Waals surface area contributed by atoms with Gasteiger partial charge >= 0.3 is 0 Å². The number of fused-ring (bicyclic) bond motifs is 1. The largest absolute Gasteiger partial charge is 0.354 e. The van der Waals surface area contributed by atoms with Crippen LogP contribution in [0, 0.1) is 0 Å². The number of amides is 2. The molecule has 1 aliphatic heterocycles. The van der Waals surface area contributed by atoms with Crippen molar-refractivity contribution in [1.82, 2.24) is 24.8 Å². The summed E-state index contributed by atoms with van der Waals surface area (Å²) in [6, 6.07) is 14.8. The molecular weight excluding hydrogens is 523 g/mol. The lowest BCUT2D eigenvalue weighted by Crippen LogP contribution is -2.47. The number of Topliss-reactive ketones (excluding diaryl/α,β-unsaturated/α-hetero) is 1. The normalized spacial score (nSPS) is 16.6. The van der Waals surface area contributed by atoms with Gasteiger partial charge in [0.05, 0.1) is 24.6 Å². The molecule has 9 nitrogen and oxygen atoms in total. The fraction of sp³-hybridized carbons (Fsp3) is 0.323. The molecule has 10 heteroatoms. The smallest absolute Gasteiger partial charge is 0.243 e. The van der Waals surface area contributed by atoms with E-state index in [0.29, 0.717) is 28.7 Å². The number of carbonyl (C=O) groups is 3. The van der Waals surface area contributed by atoms with Crippen molar-refractivity contribution in [2.45, 2.75) is 51.4 Å². The number of likely N-dealkylation sites (tertiary alicyclic amines) is 1. The van der Waals surface area contributed by atoms with E-state index in [-0.39, 0.29) is 37.1 Å². The fourth-order valence-electron chi connectivity index (χ4n) is 5.29. The van der Waals surface area contributed by atoms with Crippen LogP contribution in [0.4, 0.5) is 15.8 Å². The van der Waals surface area contributed by atoms with Gasteiger partial charge in [0.25, 0.3) is 0 Å². The Morgan fingerprint density at radius 1 is 1.02 bits per heavy atom. The van der Waals surface area contributed by atoms with Crippen molar-refractivity contribution in [2.24, 2.45) is 0 Å². The van der Waals surface area contributed by atoms with Crippen LogP contribution in [0.3, 0.4) is 0 Å². The lowest BCUT2D eigenvalue weighted by Gasteiger charge is -2.24. The molecule has 1 aliphatic rings. The number of halogens is 1. The van der Waals surface area contributed by atoms with E-state index in [1.54, 1.807) is 23.2 Å². The SMILES string of the molecule is CC(=O)c1cn(CC(=O)N2C[C@H](F)C[C@H]2C(=O)NCCCCc2ccccc2)c2ccc(Nc3cncnc3)cc12. The molecule has 41 heavy (non-hydrogen) atoms. The molecule has 2 amide bonds. The van der Waals surface area contributed by atoms with Crippen molar-refractivity contribution < 1.29 is 18.8 Å². The van der Waals surface area contributed by atoms with Gasteiger partial charge in [0.15, 0.2) is 5.78 Å². The maximum absolute atomic E-state index is 14.5. The molecule has 0 aliphatic carbocycles. The summed E-state index contributed by atoms with van der Waals surface area (Å²) in [5.74, 6) is -0.846. The summed E-state index contributed by atoms with van der Waals surface area (Å²) in [7, 11) is 0. The van der Waals surface area contributed by atoms with Crippen LogP contribution in [0.2, 0.25) is 0 Å². The van der Waals surface area contributed by atoms with Gasteiger partial charge in [0, 0.05) is 41.3 Å². The molecule has 212 valence electrons. The summed E-state index contributed by atoms with van der Waals surface area (Å²) >= 11 is 0. The summed E-state index contributed by atoms with van der Waals surface area (Å²) in [5, 5.41) is 6.78. The minimum atomic E-state index is -1.27. The number of aromatic nitrogens is 3. The highest BCUT2D eigenvalue weighted by atomic mass is 19.1. The van der Waals surface area contributed by atoms with Gasteiger partial charge in [-0.2, -0.15) is 0 Å². The Kier molecular flexibility index (Phi) is 8.67. The zero-order valence-electron chi connectivity index (χ0n) is 22.9. The molecule has 5 rings (SSSR count). The Labute approximate surface area is 237 Å². The van der Waals surface area contributed by atoms with Crippen LogP contribution in [0.25, 0.3) is 10.9 Å². The Morgan fingerprint density at radius 3 is 2.56 bits per heavy atom. The number of nitrogens with one attached hydrogen (secondary N) is 2. The Hall–Kier alpha value is -4.60. The highest BCUT2D eigenvalue weighted by Crippen LogP contribution is 2.28. The average molecular weight is 557 g/mol. The summed E-state index contributed by atoms with van der Waals surface area (Å²) in [4.78, 5) is 48.1. The molecule has 4 aromatic rings. The van der Waals surface area contributed by atoms with Gasteiger partial charge in [-0.1, -0.05) is 30.3 Å². The highest BCUT2D eigenvalue weighted by Gasteiger charge is 2.39. The molecule has 1 saturated heterocycles. The van der Waals surface area contributed by atoms with E-state index < -0.39 is 12.2 Å². The van der Waals surface area contributed by atoms with Gasteiger partial charge in [0.1, 0.15) is 25.1 Å². The Bertz CT molecular complexity index is 1530. The summed E-state index contributed by atoms with van der Waals surface area (Å²) in [6.45, 7) is 1.70. The number of hydrogen-bond acceptors (Lipinski definition) is 6. The van der Waals surface area contributed by atoms with E-state index in [2.05, 4.69) is 32.7 Å². The van der Waals surface area contributed by atoms with E-state index >= 15 is 0 Å². The number of anilines is 2. The molecule has 0 unspecified atom stereocenters.